The summed E-state index contributed by atoms with van der Waals surface area (Å²) >= 11 is 1.74. The predicted octanol–water partition coefficient (Wildman–Crippen LogP) is 5.09. The van der Waals surface area contributed by atoms with E-state index in [9.17, 15) is 9.59 Å². The molecule has 0 unspecified atom stereocenters. The summed E-state index contributed by atoms with van der Waals surface area (Å²) in [7, 11) is 0. The van der Waals surface area contributed by atoms with Gasteiger partial charge in [-0.1, -0.05) is 17.7 Å². The fourth-order valence-electron chi connectivity index (χ4n) is 4.49. The van der Waals surface area contributed by atoms with Crippen LogP contribution in [0.5, 0.6) is 5.75 Å². The Morgan fingerprint density at radius 1 is 1.21 bits per heavy atom. The molecule has 34 heavy (non-hydrogen) atoms. The number of nitrogens with zero attached hydrogens (tertiary/aromatic N) is 2. The number of carbonyl (C=O) groups is 2. The van der Waals surface area contributed by atoms with Crippen LogP contribution in [-0.4, -0.2) is 53.5 Å². The van der Waals surface area contributed by atoms with Crippen molar-refractivity contribution >= 4 is 23.3 Å². The van der Waals surface area contributed by atoms with E-state index < -0.39 is 0 Å². The van der Waals surface area contributed by atoms with Gasteiger partial charge in [0.2, 0.25) is 5.91 Å². The summed E-state index contributed by atoms with van der Waals surface area (Å²) in [5, 5.41) is 5.13. The van der Waals surface area contributed by atoms with Gasteiger partial charge in [0, 0.05) is 23.5 Å². The quantitative estimate of drug-likeness (QED) is 0.597. The van der Waals surface area contributed by atoms with Gasteiger partial charge in [-0.15, -0.1) is 11.3 Å². The van der Waals surface area contributed by atoms with E-state index in [2.05, 4.69) is 29.8 Å². The molecule has 3 amide bonds. The molecule has 1 fully saturated rings. The number of hydrogen-bond acceptors (Lipinski definition) is 4. The van der Waals surface area contributed by atoms with Crippen LogP contribution in [0.1, 0.15) is 61.2 Å². The molecule has 2 aromatic rings. The van der Waals surface area contributed by atoms with Gasteiger partial charge in [0.1, 0.15) is 18.9 Å². The third-order valence-corrected chi connectivity index (χ3v) is 7.41. The van der Waals surface area contributed by atoms with Crippen molar-refractivity contribution in [2.45, 2.75) is 65.5 Å². The molecule has 2 aliphatic rings. The molecule has 0 bridgehead atoms. The third-order valence-electron chi connectivity index (χ3n) is 6.41. The lowest BCUT2D eigenvalue weighted by Crippen LogP contribution is -2.53. The van der Waals surface area contributed by atoms with Crippen molar-refractivity contribution in [3.05, 3.63) is 51.2 Å². The summed E-state index contributed by atoms with van der Waals surface area (Å²) < 4.78 is 6.25. The van der Waals surface area contributed by atoms with E-state index in [0.717, 1.165) is 30.6 Å². The normalized spacial score (nSPS) is 17.8. The van der Waals surface area contributed by atoms with Gasteiger partial charge in [-0.3, -0.25) is 4.79 Å². The van der Waals surface area contributed by atoms with E-state index >= 15 is 0 Å². The maximum atomic E-state index is 13.6. The Balaban J connectivity index is 1.50. The maximum absolute atomic E-state index is 13.6. The second-order valence-electron chi connectivity index (χ2n) is 10.7. The molecular formula is C27H37N3O3S. The summed E-state index contributed by atoms with van der Waals surface area (Å²) in [6, 6.07) is 7.96. The van der Waals surface area contributed by atoms with Gasteiger partial charge < -0.3 is 19.9 Å². The molecule has 184 valence electrons. The van der Waals surface area contributed by atoms with E-state index in [1.54, 1.807) is 16.2 Å². The number of amides is 3. The first kappa shape index (κ1) is 24.6. The number of rotatable bonds is 7. The number of nitrogens with one attached hydrogen (secondary N) is 1. The monoisotopic (exact) mass is 483 g/mol. The largest absolute Gasteiger partial charge is 0.491 e. The SMILES string of the molecule is Cc1ccc(OC[C@H]2c3ccsc3CCN2C(=O)CN(CC2CC2)C(=O)NC(C)(C)C)c(C)c1. The van der Waals surface area contributed by atoms with Crippen molar-refractivity contribution in [3.63, 3.8) is 0 Å². The van der Waals surface area contributed by atoms with Crippen LogP contribution in [-0.2, 0) is 11.2 Å². The van der Waals surface area contributed by atoms with Crippen molar-refractivity contribution in [2.24, 2.45) is 5.92 Å². The Kier molecular flexibility index (Phi) is 7.22. The smallest absolute Gasteiger partial charge is 0.318 e. The van der Waals surface area contributed by atoms with Gasteiger partial charge in [-0.25, -0.2) is 4.79 Å². The number of hydrogen-bond donors (Lipinski definition) is 1. The zero-order valence-electron chi connectivity index (χ0n) is 21.0. The number of carbonyl (C=O) groups excluding carboxylic acids is 2. The van der Waals surface area contributed by atoms with Crippen molar-refractivity contribution in [1.82, 2.24) is 15.1 Å². The molecule has 1 aliphatic heterocycles. The lowest BCUT2D eigenvalue weighted by atomic mass is 10.00. The molecule has 1 N–H and O–H groups in total. The van der Waals surface area contributed by atoms with Gasteiger partial charge in [-0.2, -0.15) is 0 Å². The number of aryl methyl sites for hydroxylation is 2. The van der Waals surface area contributed by atoms with Gasteiger partial charge in [0.15, 0.2) is 0 Å². The molecule has 1 atom stereocenters. The van der Waals surface area contributed by atoms with Gasteiger partial charge in [-0.05, 0) is 88.4 Å². The molecule has 2 heterocycles. The van der Waals surface area contributed by atoms with Crippen LogP contribution < -0.4 is 10.1 Å². The molecule has 1 aromatic heterocycles. The molecule has 0 radical (unpaired) electrons. The molecule has 0 saturated heterocycles. The van der Waals surface area contributed by atoms with Crippen LogP contribution in [0.15, 0.2) is 29.6 Å². The Labute approximate surface area is 207 Å². The highest BCUT2D eigenvalue weighted by Gasteiger charge is 2.35. The van der Waals surface area contributed by atoms with E-state index in [1.807, 2.05) is 44.7 Å². The van der Waals surface area contributed by atoms with Crippen LogP contribution >= 0.6 is 11.3 Å². The highest BCUT2D eigenvalue weighted by molar-refractivity contribution is 7.10. The average molecular weight is 484 g/mol. The number of benzene rings is 1. The summed E-state index contributed by atoms with van der Waals surface area (Å²) in [4.78, 5) is 31.5. The first-order valence-corrected chi connectivity index (χ1v) is 13.1. The highest BCUT2D eigenvalue weighted by Crippen LogP contribution is 2.35. The van der Waals surface area contributed by atoms with E-state index in [4.69, 9.17) is 4.74 Å². The first-order chi connectivity index (χ1) is 16.1. The second kappa shape index (κ2) is 9.98. The maximum Gasteiger partial charge on any atom is 0.318 e. The van der Waals surface area contributed by atoms with Crippen molar-refractivity contribution < 1.29 is 14.3 Å². The lowest BCUT2D eigenvalue weighted by molar-refractivity contribution is -0.135. The van der Waals surface area contributed by atoms with Crippen LogP contribution in [0, 0.1) is 19.8 Å². The molecule has 4 rings (SSSR count). The van der Waals surface area contributed by atoms with Crippen LogP contribution in [0.4, 0.5) is 4.79 Å². The number of fused-ring (bicyclic) bond motifs is 1. The van der Waals surface area contributed by atoms with Gasteiger partial charge in [0.25, 0.3) is 0 Å². The summed E-state index contributed by atoms with van der Waals surface area (Å²) in [6.45, 7) is 11.8. The minimum Gasteiger partial charge on any atom is -0.491 e. The van der Waals surface area contributed by atoms with E-state index in [1.165, 1.54) is 16.0 Å². The van der Waals surface area contributed by atoms with E-state index in [-0.39, 0.29) is 30.1 Å². The van der Waals surface area contributed by atoms with Crippen molar-refractivity contribution in [1.29, 1.82) is 0 Å². The molecule has 7 heteroatoms. The number of ether oxygens (including phenoxy) is 1. The molecule has 1 saturated carbocycles. The fraction of sp³-hybridized carbons (Fsp3) is 0.556. The van der Waals surface area contributed by atoms with Crippen LogP contribution in [0.25, 0.3) is 0 Å². The number of urea groups is 1. The minimum atomic E-state index is -0.346. The summed E-state index contributed by atoms with van der Waals surface area (Å²) in [5.74, 6) is 1.34. The fourth-order valence-corrected chi connectivity index (χ4v) is 5.42. The molecule has 6 nitrogen and oxygen atoms in total. The standard InChI is InChI=1S/C27H37N3O3S/c1-18-6-9-23(19(2)14-18)33-17-22-21-11-13-34-24(21)10-12-30(22)25(31)16-29(15-20-7-8-20)26(32)28-27(3,4)5/h6,9,11,13-14,20,22H,7-8,10,12,15-17H2,1-5H3,(H,28,32)/t22-/m0/s1. The van der Waals surface area contributed by atoms with E-state index in [0.29, 0.717) is 25.6 Å². The Morgan fingerprint density at radius 3 is 2.65 bits per heavy atom. The zero-order valence-corrected chi connectivity index (χ0v) is 21.8. The predicted molar refractivity (Wildman–Crippen MR) is 136 cm³/mol. The molecule has 0 spiro atoms. The first-order valence-electron chi connectivity index (χ1n) is 12.2. The zero-order chi connectivity index (χ0) is 24.5. The Bertz CT molecular complexity index is 1040. The summed E-state index contributed by atoms with van der Waals surface area (Å²) in [6.07, 6.45) is 3.10. The average Bonchev–Trinajstić information content (AvgIpc) is 3.43. The van der Waals surface area contributed by atoms with Crippen molar-refractivity contribution in [3.8, 4) is 5.75 Å². The minimum absolute atomic E-state index is 0.0178. The van der Waals surface area contributed by atoms with Gasteiger partial charge in [0.05, 0.1) is 6.04 Å². The van der Waals surface area contributed by atoms with Crippen LogP contribution in [0.3, 0.4) is 0 Å². The summed E-state index contributed by atoms with van der Waals surface area (Å²) in [5.41, 5.74) is 3.11. The second-order valence-corrected chi connectivity index (χ2v) is 11.7. The van der Waals surface area contributed by atoms with Crippen LogP contribution in [0.2, 0.25) is 0 Å². The Morgan fingerprint density at radius 2 is 1.97 bits per heavy atom. The molecular weight excluding hydrogens is 446 g/mol. The highest BCUT2D eigenvalue weighted by atomic mass is 32.1. The number of thiophene rings is 1. The topological polar surface area (TPSA) is 61.9 Å². The Hall–Kier alpha value is -2.54. The van der Waals surface area contributed by atoms with Gasteiger partial charge >= 0.3 is 6.03 Å². The van der Waals surface area contributed by atoms with Crippen molar-refractivity contribution in [2.75, 3.05) is 26.2 Å². The third kappa shape index (κ3) is 6.12. The lowest BCUT2D eigenvalue weighted by Gasteiger charge is -2.37. The molecule has 1 aromatic carbocycles. The molecule has 1 aliphatic carbocycles.